The number of carbonyl (C=O) groups excluding carboxylic acids is 1. The molecular formula is C13H18N2O3. The summed E-state index contributed by atoms with van der Waals surface area (Å²) in [5, 5.41) is 0. The fourth-order valence-electron chi connectivity index (χ4n) is 2.01. The van der Waals surface area contributed by atoms with E-state index in [0.717, 1.165) is 38.4 Å². The molecule has 5 nitrogen and oxygen atoms in total. The largest absolute Gasteiger partial charge is 0.465 e. The van der Waals surface area contributed by atoms with Gasteiger partial charge in [0, 0.05) is 25.3 Å². The number of nitrogens with two attached hydrogens (primary N) is 1. The van der Waals surface area contributed by atoms with Crippen LogP contribution in [-0.2, 0) is 16.0 Å². The summed E-state index contributed by atoms with van der Waals surface area (Å²) < 4.78 is 10.0. The van der Waals surface area contributed by atoms with E-state index in [-0.39, 0.29) is 0 Å². The Morgan fingerprint density at radius 3 is 2.83 bits per heavy atom. The lowest BCUT2D eigenvalue weighted by Crippen LogP contribution is -2.35. The van der Waals surface area contributed by atoms with Gasteiger partial charge >= 0.3 is 5.97 Å². The Bertz CT molecular complexity index is 428. The van der Waals surface area contributed by atoms with E-state index in [1.807, 2.05) is 6.07 Å². The Labute approximate surface area is 106 Å². The summed E-state index contributed by atoms with van der Waals surface area (Å²) in [5.74, 6) is -0.392. The highest BCUT2D eigenvalue weighted by atomic mass is 16.5. The number of benzene rings is 1. The quantitative estimate of drug-likeness (QED) is 0.637. The van der Waals surface area contributed by atoms with Gasteiger partial charge in [0.2, 0.25) is 0 Å². The lowest BCUT2D eigenvalue weighted by molar-refractivity contribution is 0.0341. The second-order valence-corrected chi connectivity index (χ2v) is 4.30. The standard InChI is InChI=1S/C13H18N2O3/c1-17-13(16)11-8-10(2-3-12(11)14)9-15-4-6-18-7-5-15/h2-3,8H,4-7,9,14H2,1H3. The molecule has 2 rings (SSSR count). The second-order valence-electron chi connectivity index (χ2n) is 4.30. The minimum atomic E-state index is -0.392. The summed E-state index contributed by atoms with van der Waals surface area (Å²) in [4.78, 5) is 13.8. The molecule has 1 aliphatic rings. The van der Waals surface area contributed by atoms with Crippen LogP contribution in [0.25, 0.3) is 0 Å². The fourth-order valence-corrected chi connectivity index (χ4v) is 2.01. The molecule has 0 spiro atoms. The first-order valence-corrected chi connectivity index (χ1v) is 5.97. The van der Waals surface area contributed by atoms with Crippen molar-refractivity contribution in [1.29, 1.82) is 0 Å². The van der Waals surface area contributed by atoms with Crippen molar-refractivity contribution in [2.45, 2.75) is 6.54 Å². The molecule has 1 aromatic rings. The van der Waals surface area contributed by atoms with Gasteiger partial charge in [-0.05, 0) is 17.7 Å². The van der Waals surface area contributed by atoms with Crippen molar-refractivity contribution in [3.8, 4) is 0 Å². The molecule has 1 aromatic carbocycles. The zero-order valence-corrected chi connectivity index (χ0v) is 10.5. The number of esters is 1. The van der Waals surface area contributed by atoms with Gasteiger partial charge in [0.15, 0.2) is 0 Å². The molecule has 1 aliphatic heterocycles. The monoisotopic (exact) mass is 250 g/mol. The molecule has 2 N–H and O–H groups in total. The van der Waals surface area contributed by atoms with Crippen LogP contribution in [0.3, 0.4) is 0 Å². The first kappa shape index (κ1) is 12.9. The number of methoxy groups -OCH3 is 1. The summed E-state index contributed by atoms with van der Waals surface area (Å²) in [7, 11) is 1.36. The average Bonchev–Trinajstić information content (AvgIpc) is 2.41. The molecular weight excluding hydrogens is 232 g/mol. The van der Waals surface area contributed by atoms with E-state index in [0.29, 0.717) is 11.3 Å². The van der Waals surface area contributed by atoms with Crippen LogP contribution >= 0.6 is 0 Å². The van der Waals surface area contributed by atoms with E-state index >= 15 is 0 Å². The van der Waals surface area contributed by atoms with Gasteiger partial charge in [-0.25, -0.2) is 4.79 Å². The SMILES string of the molecule is COC(=O)c1cc(CN2CCOCC2)ccc1N. The summed E-state index contributed by atoms with van der Waals surface area (Å²) >= 11 is 0. The van der Waals surface area contributed by atoms with Crippen LogP contribution in [-0.4, -0.2) is 44.3 Å². The first-order chi connectivity index (χ1) is 8.70. The minimum Gasteiger partial charge on any atom is -0.465 e. The maximum absolute atomic E-state index is 11.5. The minimum absolute atomic E-state index is 0.392. The molecule has 0 bridgehead atoms. The lowest BCUT2D eigenvalue weighted by atomic mass is 10.1. The Morgan fingerprint density at radius 2 is 2.17 bits per heavy atom. The lowest BCUT2D eigenvalue weighted by Gasteiger charge is -2.26. The summed E-state index contributed by atoms with van der Waals surface area (Å²) in [6, 6.07) is 5.50. The summed E-state index contributed by atoms with van der Waals surface area (Å²) in [6.45, 7) is 4.15. The van der Waals surface area contributed by atoms with E-state index in [2.05, 4.69) is 4.90 Å². The smallest absolute Gasteiger partial charge is 0.339 e. The zero-order valence-electron chi connectivity index (χ0n) is 10.5. The molecule has 5 heteroatoms. The molecule has 1 saturated heterocycles. The van der Waals surface area contributed by atoms with Crippen molar-refractivity contribution in [2.24, 2.45) is 0 Å². The highest BCUT2D eigenvalue weighted by Gasteiger charge is 2.14. The van der Waals surface area contributed by atoms with E-state index in [9.17, 15) is 4.79 Å². The van der Waals surface area contributed by atoms with Gasteiger partial charge < -0.3 is 15.2 Å². The van der Waals surface area contributed by atoms with Crippen LogP contribution in [0.2, 0.25) is 0 Å². The highest BCUT2D eigenvalue weighted by Crippen LogP contribution is 2.17. The fraction of sp³-hybridized carbons (Fsp3) is 0.462. The van der Waals surface area contributed by atoms with E-state index in [1.54, 1.807) is 12.1 Å². The van der Waals surface area contributed by atoms with E-state index in [1.165, 1.54) is 7.11 Å². The number of nitrogens with zero attached hydrogens (tertiary/aromatic N) is 1. The maximum Gasteiger partial charge on any atom is 0.339 e. The summed E-state index contributed by atoms with van der Waals surface area (Å²) in [6.07, 6.45) is 0. The number of anilines is 1. The van der Waals surface area contributed by atoms with Crippen molar-refractivity contribution in [3.05, 3.63) is 29.3 Å². The number of ether oxygens (including phenoxy) is 2. The second kappa shape index (κ2) is 5.84. The van der Waals surface area contributed by atoms with Crippen LogP contribution in [0.1, 0.15) is 15.9 Å². The third-order valence-electron chi connectivity index (χ3n) is 3.03. The molecule has 1 heterocycles. The van der Waals surface area contributed by atoms with E-state index in [4.69, 9.17) is 15.2 Å². The van der Waals surface area contributed by atoms with Crippen LogP contribution in [0.5, 0.6) is 0 Å². The van der Waals surface area contributed by atoms with Gasteiger partial charge in [-0.1, -0.05) is 6.07 Å². The highest BCUT2D eigenvalue weighted by molar-refractivity contribution is 5.95. The van der Waals surface area contributed by atoms with Crippen LogP contribution in [0.15, 0.2) is 18.2 Å². The van der Waals surface area contributed by atoms with Crippen molar-refractivity contribution in [1.82, 2.24) is 4.90 Å². The van der Waals surface area contributed by atoms with Gasteiger partial charge in [0.05, 0.1) is 25.9 Å². The molecule has 0 amide bonds. The number of rotatable bonds is 3. The molecule has 1 fully saturated rings. The van der Waals surface area contributed by atoms with Crippen molar-refractivity contribution in [3.63, 3.8) is 0 Å². The number of nitrogen functional groups attached to an aromatic ring is 1. The van der Waals surface area contributed by atoms with Gasteiger partial charge in [0.1, 0.15) is 0 Å². The number of hydrogen-bond donors (Lipinski definition) is 1. The molecule has 98 valence electrons. The first-order valence-electron chi connectivity index (χ1n) is 5.97. The van der Waals surface area contributed by atoms with E-state index < -0.39 is 5.97 Å². The van der Waals surface area contributed by atoms with Crippen LogP contribution in [0, 0.1) is 0 Å². The molecule has 0 unspecified atom stereocenters. The van der Waals surface area contributed by atoms with Crippen LogP contribution in [0.4, 0.5) is 5.69 Å². The Morgan fingerprint density at radius 1 is 1.44 bits per heavy atom. The topological polar surface area (TPSA) is 64.8 Å². The third kappa shape index (κ3) is 3.00. The molecule has 0 radical (unpaired) electrons. The van der Waals surface area contributed by atoms with Gasteiger partial charge in [-0.15, -0.1) is 0 Å². The van der Waals surface area contributed by atoms with Crippen molar-refractivity contribution >= 4 is 11.7 Å². The molecule has 0 saturated carbocycles. The Kier molecular flexibility index (Phi) is 4.17. The van der Waals surface area contributed by atoms with Crippen molar-refractivity contribution in [2.75, 3.05) is 39.1 Å². The summed E-state index contributed by atoms with van der Waals surface area (Å²) in [5.41, 5.74) is 7.71. The number of morpholine rings is 1. The molecule has 18 heavy (non-hydrogen) atoms. The number of hydrogen-bond acceptors (Lipinski definition) is 5. The van der Waals surface area contributed by atoms with Crippen LogP contribution < -0.4 is 5.73 Å². The Hall–Kier alpha value is -1.59. The maximum atomic E-state index is 11.5. The molecule has 0 aromatic heterocycles. The van der Waals surface area contributed by atoms with Gasteiger partial charge in [-0.3, -0.25) is 4.90 Å². The molecule has 0 aliphatic carbocycles. The zero-order chi connectivity index (χ0) is 13.0. The predicted octanol–water partition coefficient (Wildman–Crippen LogP) is 0.888. The average molecular weight is 250 g/mol. The van der Waals surface area contributed by atoms with Gasteiger partial charge in [-0.2, -0.15) is 0 Å². The van der Waals surface area contributed by atoms with Crippen molar-refractivity contribution < 1.29 is 14.3 Å². The number of carbonyl (C=O) groups is 1. The molecule has 0 atom stereocenters. The normalized spacial score (nSPS) is 16.5. The third-order valence-corrected chi connectivity index (χ3v) is 3.03. The van der Waals surface area contributed by atoms with Gasteiger partial charge in [0.25, 0.3) is 0 Å². The predicted molar refractivity (Wildman–Crippen MR) is 68.3 cm³/mol. The Balaban J connectivity index is 2.11.